The molecule has 0 saturated carbocycles. The molecule has 1 aromatic rings. The van der Waals surface area contributed by atoms with Gasteiger partial charge in [0.05, 0.1) is 7.11 Å². The number of phenols is 1. The summed E-state index contributed by atoms with van der Waals surface area (Å²) in [5.74, 6) is 0.447. The number of benzene rings is 1. The van der Waals surface area contributed by atoms with Crippen molar-refractivity contribution in [2.75, 3.05) is 7.11 Å². The number of nitrogens with zero attached hydrogens (tertiary/aromatic N) is 1. The van der Waals surface area contributed by atoms with Crippen LogP contribution in [0.2, 0.25) is 0 Å². The molecule has 68 valence electrons. The van der Waals surface area contributed by atoms with Crippen molar-refractivity contribution in [3.05, 3.63) is 23.8 Å². The lowest BCUT2D eigenvalue weighted by molar-refractivity contribution is 0.257. The molecule has 0 unspecified atom stereocenters. The van der Waals surface area contributed by atoms with Gasteiger partial charge in [-0.25, -0.2) is 0 Å². The summed E-state index contributed by atoms with van der Waals surface area (Å²) < 4.78 is 9.35. The molecule has 0 amide bonds. The van der Waals surface area contributed by atoms with Gasteiger partial charge in [0, 0.05) is 0 Å². The summed E-state index contributed by atoms with van der Waals surface area (Å²) in [6.45, 7) is 0.161. The second-order valence-corrected chi connectivity index (χ2v) is 2.39. The predicted octanol–water partition coefficient (Wildman–Crippen LogP) is 1.40. The van der Waals surface area contributed by atoms with Gasteiger partial charge in [0.2, 0.25) is 0 Å². The smallest absolute Gasteiger partial charge is 0.286 e. The summed E-state index contributed by atoms with van der Waals surface area (Å²) in [5.41, 5.74) is 0.722. The highest BCUT2D eigenvalue weighted by molar-refractivity contribution is 5.41. The molecule has 0 saturated heterocycles. The molecule has 0 aliphatic carbocycles. The number of ether oxygens (including phenoxy) is 2. The number of nitriles is 1. The standard InChI is InChI=1S/C9H9NO3/c1-12-9-3-2-7(4-8(9)11)5-13-6-10/h2-4,11H,5H2,1H3. The van der Waals surface area contributed by atoms with E-state index in [2.05, 4.69) is 4.74 Å². The van der Waals surface area contributed by atoms with Crippen LogP contribution in [0.5, 0.6) is 11.5 Å². The zero-order valence-corrected chi connectivity index (χ0v) is 7.15. The lowest BCUT2D eigenvalue weighted by Crippen LogP contribution is -1.88. The van der Waals surface area contributed by atoms with Gasteiger partial charge in [-0.3, -0.25) is 0 Å². The highest BCUT2D eigenvalue weighted by atomic mass is 16.5. The summed E-state index contributed by atoms with van der Waals surface area (Å²) in [6.07, 6.45) is 1.55. The third kappa shape index (κ3) is 2.27. The fourth-order valence-electron chi connectivity index (χ4n) is 0.941. The molecule has 0 aliphatic rings. The lowest BCUT2D eigenvalue weighted by atomic mass is 10.2. The zero-order chi connectivity index (χ0) is 9.68. The van der Waals surface area contributed by atoms with E-state index in [1.807, 2.05) is 0 Å². The third-order valence-electron chi connectivity index (χ3n) is 1.55. The number of hydrogen-bond acceptors (Lipinski definition) is 4. The highest BCUT2D eigenvalue weighted by Gasteiger charge is 2.01. The number of phenolic OH excluding ortho intramolecular Hbond substituents is 1. The number of methoxy groups -OCH3 is 1. The molecule has 13 heavy (non-hydrogen) atoms. The van der Waals surface area contributed by atoms with Gasteiger partial charge >= 0.3 is 0 Å². The third-order valence-corrected chi connectivity index (χ3v) is 1.55. The maximum absolute atomic E-state index is 9.33. The summed E-state index contributed by atoms with van der Waals surface area (Å²) in [7, 11) is 1.47. The molecule has 0 spiro atoms. The molecule has 1 rings (SSSR count). The van der Waals surface area contributed by atoms with Crippen molar-refractivity contribution in [2.24, 2.45) is 0 Å². The van der Waals surface area contributed by atoms with Crippen LogP contribution in [0, 0.1) is 11.5 Å². The van der Waals surface area contributed by atoms with Crippen molar-refractivity contribution in [3.63, 3.8) is 0 Å². The quantitative estimate of drug-likeness (QED) is 0.712. The van der Waals surface area contributed by atoms with Gasteiger partial charge in [-0.2, -0.15) is 5.26 Å². The second-order valence-electron chi connectivity index (χ2n) is 2.39. The van der Waals surface area contributed by atoms with Crippen LogP contribution >= 0.6 is 0 Å². The highest BCUT2D eigenvalue weighted by Crippen LogP contribution is 2.26. The molecule has 1 N–H and O–H groups in total. The van der Waals surface area contributed by atoms with Crippen LogP contribution in [-0.4, -0.2) is 12.2 Å². The van der Waals surface area contributed by atoms with E-state index in [0.717, 1.165) is 5.56 Å². The lowest BCUT2D eigenvalue weighted by Gasteiger charge is -2.04. The molecule has 0 atom stereocenters. The Kier molecular flexibility index (Phi) is 2.98. The van der Waals surface area contributed by atoms with Crippen LogP contribution in [0.25, 0.3) is 0 Å². The largest absolute Gasteiger partial charge is 0.504 e. The van der Waals surface area contributed by atoms with Crippen molar-refractivity contribution in [1.29, 1.82) is 5.26 Å². The first kappa shape index (κ1) is 9.20. The van der Waals surface area contributed by atoms with Gasteiger partial charge < -0.3 is 14.6 Å². The van der Waals surface area contributed by atoms with E-state index < -0.39 is 0 Å². The Morgan fingerprint density at radius 3 is 2.85 bits per heavy atom. The normalized spacial score (nSPS) is 8.92. The summed E-state index contributed by atoms with van der Waals surface area (Å²) in [5, 5.41) is 17.5. The average Bonchev–Trinajstić information content (AvgIpc) is 2.15. The van der Waals surface area contributed by atoms with Crippen LogP contribution in [0.3, 0.4) is 0 Å². The first-order valence-electron chi connectivity index (χ1n) is 3.64. The minimum Gasteiger partial charge on any atom is -0.504 e. The number of hydrogen-bond donors (Lipinski definition) is 1. The van der Waals surface area contributed by atoms with Crippen molar-refractivity contribution >= 4 is 0 Å². The Balaban J connectivity index is 2.78. The van der Waals surface area contributed by atoms with E-state index in [1.165, 1.54) is 13.2 Å². The summed E-state index contributed by atoms with van der Waals surface area (Å²) >= 11 is 0. The Hall–Kier alpha value is -1.89. The first-order chi connectivity index (χ1) is 6.27. The molecule has 0 fully saturated rings. The van der Waals surface area contributed by atoms with E-state index in [1.54, 1.807) is 18.4 Å². The fourth-order valence-corrected chi connectivity index (χ4v) is 0.941. The van der Waals surface area contributed by atoms with E-state index in [4.69, 9.17) is 10.00 Å². The van der Waals surface area contributed by atoms with Crippen molar-refractivity contribution in [3.8, 4) is 17.8 Å². The molecule has 4 nitrogen and oxygen atoms in total. The summed E-state index contributed by atoms with van der Waals surface area (Å²) in [6, 6.07) is 4.83. The van der Waals surface area contributed by atoms with E-state index in [-0.39, 0.29) is 12.4 Å². The summed E-state index contributed by atoms with van der Waals surface area (Å²) in [4.78, 5) is 0. The van der Waals surface area contributed by atoms with Gasteiger partial charge in [0.25, 0.3) is 6.26 Å². The van der Waals surface area contributed by atoms with Gasteiger partial charge in [0.1, 0.15) is 6.61 Å². The molecule has 0 aromatic heterocycles. The first-order valence-corrected chi connectivity index (χ1v) is 3.64. The van der Waals surface area contributed by atoms with Crippen LogP contribution in [0.1, 0.15) is 5.56 Å². The Morgan fingerprint density at radius 1 is 1.54 bits per heavy atom. The second kappa shape index (κ2) is 4.21. The molecule has 0 aliphatic heterocycles. The predicted molar refractivity (Wildman–Crippen MR) is 45.1 cm³/mol. The van der Waals surface area contributed by atoms with Gasteiger partial charge in [0.15, 0.2) is 11.5 Å². The molecule has 0 radical (unpaired) electrons. The van der Waals surface area contributed by atoms with Crippen LogP contribution in [0.15, 0.2) is 18.2 Å². The van der Waals surface area contributed by atoms with Gasteiger partial charge in [-0.15, -0.1) is 0 Å². The molecule has 0 bridgehead atoms. The fraction of sp³-hybridized carbons (Fsp3) is 0.222. The van der Waals surface area contributed by atoms with Crippen molar-refractivity contribution < 1.29 is 14.6 Å². The Morgan fingerprint density at radius 2 is 2.31 bits per heavy atom. The molecular weight excluding hydrogens is 170 g/mol. The zero-order valence-electron chi connectivity index (χ0n) is 7.15. The van der Waals surface area contributed by atoms with Gasteiger partial charge in [-0.1, -0.05) is 6.07 Å². The van der Waals surface area contributed by atoms with Crippen LogP contribution < -0.4 is 4.74 Å². The van der Waals surface area contributed by atoms with Crippen LogP contribution in [-0.2, 0) is 11.3 Å². The van der Waals surface area contributed by atoms with Gasteiger partial charge in [-0.05, 0) is 17.7 Å². The minimum absolute atomic E-state index is 0.0431. The molecule has 4 heteroatoms. The van der Waals surface area contributed by atoms with E-state index >= 15 is 0 Å². The monoisotopic (exact) mass is 179 g/mol. The molecule has 1 aromatic carbocycles. The number of rotatable bonds is 3. The SMILES string of the molecule is COc1ccc(COC#N)cc1O. The van der Waals surface area contributed by atoms with Crippen molar-refractivity contribution in [1.82, 2.24) is 0 Å². The van der Waals surface area contributed by atoms with Crippen LogP contribution in [0.4, 0.5) is 0 Å². The maximum atomic E-state index is 9.33. The van der Waals surface area contributed by atoms with E-state index in [0.29, 0.717) is 5.75 Å². The Bertz CT molecular complexity index is 330. The van der Waals surface area contributed by atoms with Crippen molar-refractivity contribution in [2.45, 2.75) is 6.61 Å². The average molecular weight is 179 g/mol. The molecular formula is C9H9NO3. The van der Waals surface area contributed by atoms with E-state index in [9.17, 15) is 5.11 Å². The molecule has 0 heterocycles. The number of aromatic hydroxyl groups is 1. The minimum atomic E-state index is 0.0431. The Labute approximate surface area is 75.9 Å². The maximum Gasteiger partial charge on any atom is 0.286 e. The topological polar surface area (TPSA) is 62.5 Å².